The summed E-state index contributed by atoms with van der Waals surface area (Å²) >= 11 is 0. The van der Waals surface area contributed by atoms with Crippen LogP contribution in [0.2, 0.25) is 0 Å². The van der Waals surface area contributed by atoms with Crippen LogP contribution in [0.4, 0.5) is 5.82 Å². The van der Waals surface area contributed by atoms with Crippen LogP contribution in [-0.2, 0) is 6.42 Å². The molecule has 5 nitrogen and oxygen atoms in total. The zero-order valence-corrected chi connectivity index (χ0v) is 9.53. The molecule has 0 amide bonds. The molecule has 2 aromatic rings. The van der Waals surface area contributed by atoms with Crippen molar-refractivity contribution in [1.82, 2.24) is 20.0 Å². The zero-order chi connectivity index (χ0) is 11.1. The molecule has 0 spiro atoms. The van der Waals surface area contributed by atoms with E-state index in [1.807, 2.05) is 0 Å². The number of aryl methyl sites for hydroxylation is 1. The number of H-pyrrole nitrogens is 1. The lowest BCUT2D eigenvalue weighted by molar-refractivity contribution is 0.473. The van der Waals surface area contributed by atoms with E-state index in [0.717, 1.165) is 23.1 Å². The Balaban J connectivity index is 2.17. The highest BCUT2D eigenvalue weighted by Crippen LogP contribution is 2.33. The minimum Gasteiger partial charge on any atom is -0.383 e. The minimum atomic E-state index is 0.519. The number of rotatable bonds is 2. The number of nitrogens with one attached hydrogen (secondary N) is 1. The maximum absolute atomic E-state index is 5.89. The van der Waals surface area contributed by atoms with E-state index in [0.29, 0.717) is 11.9 Å². The van der Waals surface area contributed by atoms with Crippen molar-refractivity contribution in [2.45, 2.75) is 45.1 Å². The predicted molar refractivity (Wildman–Crippen MR) is 63.2 cm³/mol. The van der Waals surface area contributed by atoms with Gasteiger partial charge in [0.2, 0.25) is 0 Å². The van der Waals surface area contributed by atoms with E-state index in [1.165, 1.54) is 25.7 Å². The molecule has 0 saturated heterocycles. The first-order valence-electron chi connectivity index (χ1n) is 6.02. The van der Waals surface area contributed by atoms with Crippen LogP contribution in [0.25, 0.3) is 11.0 Å². The van der Waals surface area contributed by atoms with E-state index >= 15 is 0 Å². The van der Waals surface area contributed by atoms with Gasteiger partial charge in [0.05, 0.1) is 17.1 Å². The van der Waals surface area contributed by atoms with Crippen molar-refractivity contribution in [2.24, 2.45) is 0 Å². The molecule has 1 aliphatic carbocycles. The van der Waals surface area contributed by atoms with Crippen LogP contribution < -0.4 is 5.73 Å². The summed E-state index contributed by atoms with van der Waals surface area (Å²) in [6.07, 6.45) is 5.93. The van der Waals surface area contributed by atoms with Crippen molar-refractivity contribution in [3.63, 3.8) is 0 Å². The predicted octanol–water partition coefficient (Wildman–Crippen LogP) is 2.02. The SMILES string of the molecule is CCc1nn(C2CCCC2)c2n[nH]c(N)c12. The summed E-state index contributed by atoms with van der Waals surface area (Å²) < 4.78 is 2.08. The maximum atomic E-state index is 5.89. The van der Waals surface area contributed by atoms with Crippen LogP contribution in [0.5, 0.6) is 0 Å². The third kappa shape index (κ3) is 1.24. The number of aromatic amines is 1. The minimum absolute atomic E-state index is 0.519. The lowest BCUT2D eigenvalue weighted by Crippen LogP contribution is -2.07. The molecule has 1 aliphatic rings. The molecule has 0 radical (unpaired) electrons. The Hall–Kier alpha value is -1.52. The monoisotopic (exact) mass is 219 g/mol. The van der Waals surface area contributed by atoms with Gasteiger partial charge >= 0.3 is 0 Å². The Kier molecular flexibility index (Phi) is 2.12. The standard InChI is InChI=1S/C11H17N5/c1-2-8-9-10(12)13-14-11(9)16(15-8)7-5-3-4-6-7/h7H,2-6H2,1H3,(H3,12,13,14). The van der Waals surface area contributed by atoms with E-state index in [-0.39, 0.29) is 0 Å². The van der Waals surface area contributed by atoms with E-state index in [9.17, 15) is 0 Å². The topological polar surface area (TPSA) is 72.5 Å². The second kappa shape index (κ2) is 3.50. The maximum Gasteiger partial charge on any atom is 0.182 e. The molecular weight excluding hydrogens is 202 g/mol. The number of nitrogens with two attached hydrogens (primary N) is 1. The summed E-state index contributed by atoms with van der Waals surface area (Å²) in [5, 5.41) is 12.8. The lowest BCUT2D eigenvalue weighted by atomic mass is 10.2. The first-order valence-corrected chi connectivity index (χ1v) is 6.02. The molecule has 3 N–H and O–H groups in total. The van der Waals surface area contributed by atoms with Crippen molar-refractivity contribution >= 4 is 16.9 Å². The van der Waals surface area contributed by atoms with Gasteiger partial charge in [0.25, 0.3) is 0 Å². The van der Waals surface area contributed by atoms with Gasteiger partial charge in [-0.1, -0.05) is 19.8 Å². The van der Waals surface area contributed by atoms with Crippen LogP contribution >= 0.6 is 0 Å². The largest absolute Gasteiger partial charge is 0.383 e. The van der Waals surface area contributed by atoms with Crippen LogP contribution in [-0.4, -0.2) is 20.0 Å². The molecule has 0 aromatic carbocycles. The molecule has 16 heavy (non-hydrogen) atoms. The Labute approximate surface area is 94.0 Å². The van der Waals surface area contributed by atoms with Crippen LogP contribution in [0.1, 0.15) is 44.3 Å². The Bertz CT molecular complexity index is 504. The Morgan fingerprint density at radius 3 is 2.88 bits per heavy atom. The molecule has 0 bridgehead atoms. The van der Waals surface area contributed by atoms with Gasteiger partial charge in [0.1, 0.15) is 5.82 Å². The average Bonchev–Trinajstić information content (AvgIpc) is 2.96. The quantitative estimate of drug-likeness (QED) is 0.811. The first-order chi connectivity index (χ1) is 7.81. The highest BCUT2D eigenvalue weighted by Gasteiger charge is 2.23. The molecule has 0 atom stereocenters. The van der Waals surface area contributed by atoms with Gasteiger partial charge in [-0.2, -0.15) is 10.2 Å². The van der Waals surface area contributed by atoms with E-state index in [1.54, 1.807) is 0 Å². The number of anilines is 1. The van der Waals surface area contributed by atoms with Gasteiger partial charge in [0, 0.05) is 0 Å². The molecule has 0 aliphatic heterocycles. The summed E-state index contributed by atoms with van der Waals surface area (Å²) in [4.78, 5) is 0. The normalized spacial score (nSPS) is 17.6. The van der Waals surface area contributed by atoms with E-state index in [4.69, 9.17) is 5.73 Å². The smallest absolute Gasteiger partial charge is 0.182 e. The van der Waals surface area contributed by atoms with Crippen molar-refractivity contribution < 1.29 is 0 Å². The highest BCUT2D eigenvalue weighted by molar-refractivity contribution is 5.89. The van der Waals surface area contributed by atoms with Crippen molar-refractivity contribution in [2.75, 3.05) is 5.73 Å². The van der Waals surface area contributed by atoms with Crippen LogP contribution in [0.3, 0.4) is 0 Å². The molecule has 2 heterocycles. The highest BCUT2D eigenvalue weighted by atomic mass is 15.4. The number of nitrogen functional groups attached to an aromatic ring is 1. The van der Waals surface area contributed by atoms with Gasteiger partial charge in [-0.25, -0.2) is 4.68 Å². The molecule has 1 fully saturated rings. The summed E-state index contributed by atoms with van der Waals surface area (Å²) in [5.74, 6) is 0.649. The number of hydrogen-bond donors (Lipinski definition) is 2. The van der Waals surface area contributed by atoms with Gasteiger partial charge in [0.15, 0.2) is 5.65 Å². The fourth-order valence-corrected chi connectivity index (χ4v) is 2.67. The number of hydrogen-bond acceptors (Lipinski definition) is 3. The zero-order valence-electron chi connectivity index (χ0n) is 9.53. The number of nitrogens with zero attached hydrogens (tertiary/aromatic N) is 3. The summed E-state index contributed by atoms with van der Waals surface area (Å²) in [6.45, 7) is 2.10. The molecule has 86 valence electrons. The molecule has 1 saturated carbocycles. The van der Waals surface area contributed by atoms with E-state index < -0.39 is 0 Å². The molecule has 2 aromatic heterocycles. The van der Waals surface area contributed by atoms with Crippen molar-refractivity contribution in [1.29, 1.82) is 0 Å². The van der Waals surface area contributed by atoms with Gasteiger partial charge < -0.3 is 5.73 Å². The van der Waals surface area contributed by atoms with E-state index in [2.05, 4.69) is 26.9 Å². The number of aromatic nitrogens is 4. The molecule has 3 rings (SSSR count). The Morgan fingerprint density at radius 1 is 1.44 bits per heavy atom. The van der Waals surface area contributed by atoms with Crippen LogP contribution in [0, 0.1) is 0 Å². The summed E-state index contributed by atoms with van der Waals surface area (Å²) in [7, 11) is 0. The van der Waals surface area contributed by atoms with Crippen molar-refractivity contribution in [3.8, 4) is 0 Å². The average molecular weight is 219 g/mol. The lowest BCUT2D eigenvalue weighted by Gasteiger charge is -2.09. The second-order valence-electron chi connectivity index (χ2n) is 4.52. The Morgan fingerprint density at radius 2 is 2.19 bits per heavy atom. The fraction of sp³-hybridized carbons (Fsp3) is 0.636. The molecular formula is C11H17N5. The number of fused-ring (bicyclic) bond motifs is 1. The van der Waals surface area contributed by atoms with Crippen LogP contribution in [0.15, 0.2) is 0 Å². The summed E-state index contributed by atoms with van der Waals surface area (Å²) in [5.41, 5.74) is 7.89. The molecule has 5 heteroatoms. The first kappa shape index (κ1) is 9.69. The van der Waals surface area contributed by atoms with Gasteiger partial charge in [-0.05, 0) is 19.3 Å². The van der Waals surface area contributed by atoms with Crippen molar-refractivity contribution in [3.05, 3.63) is 5.69 Å². The fourth-order valence-electron chi connectivity index (χ4n) is 2.67. The third-order valence-electron chi connectivity index (χ3n) is 3.51. The molecule has 0 unspecified atom stereocenters. The second-order valence-corrected chi connectivity index (χ2v) is 4.52. The van der Waals surface area contributed by atoms with Gasteiger partial charge in [-0.15, -0.1) is 0 Å². The van der Waals surface area contributed by atoms with Gasteiger partial charge in [-0.3, -0.25) is 5.10 Å². The third-order valence-corrected chi connectivity index (χ3v) is 3.51. The summed E-state index contributed by atoms with van der Waals surface area (Å²) in [6, 6.07) is 0.519.